The Morgan fingerprint density at radius 2 is 2.14 bits per heavy atom. The third kappa shape index (κ3) is 3.15. The van der Waals surface area contributed by atoms with Crippen LogP contribution in [0, 0.1) is 11.6 Å². The molecular formula is C15H19F2N3O. The van der Waals surface area contributed by atoms with E-state index in [-0.39, 0.29) is 17.3 Å². The van der Waals surface area contributed by atoms with Crippen LogP contribution in [0.1, 0.15) is 32.1 Å². The van der Waals surface area contributed by atoms with Gasteiger partial charge in [-0.05, 0) is 50.8 Å². The van der Waals surface area contributed by atoms with Gasteiger partial charge in [-0.25, -0.2) is 13.6 Å². The van der Waals surface area contributed by atoms with Gasteiger partial charge in [-0.3, -0.25) is 0 Å². The zero-order valence-electron chi connectivity index (χ0n) is 11.7. The van der Waals surface area contributed by atoms with Gasteiger partial charge in [0, 0.05) is 17.6 Å². The van der Waals surface area contributed by atoms with Crippen molar-refractivity contribution in [3.05, 3.63) is 29.8 Å². The summed E-state index contributed by atoms with van der Waals surface area (Å²) in [5, 5.41) is 8.84. The van der Waals surface area contributed by atoms with E-state index in [0.29, 0.717) is 0 Å². The van der Waals surface area contributed by atoms with Gasteiger partial charge >= 0.3 is 6.03 Å². The van der Waals surface area contributed by atoms with E-state index in [9.17, 15) is 13.6 Å². The van der Waals surface area contributed by atoms with Crippen molar-refractivity contribution < 1.29 is 13.6 Å². The molecular weight excluding hydrogens is 276 g/mol. The number of benzene rings is 1. The largest absolute Gasteiger partial charge is 0.335 e. The summed E-state index contributed by atoms with van der Waals surface area (Å²) in [5.41, 5.74) is 0.179. The summed E-state index contributed by atoms with van der Waals surface area (Å²) in [6, 6.07) is 2.74. The fourth-order valence-electron chi connectivity index (χ4n) is 3.20. The molecule has 1 saturated carbocycles. The molecule has 0 bridgehead atoms. The van der Waals surface area contributed by atoms with Crippen LogP contribution in [0.5, 0.6) is 0 Å². The molecule has 1 saturated heterocycles. The number of halogens is 2. The van der Waals surface area contributed by atoms with Gasteiger partial charge in [0.15, 0.2) is 0 Å². The molecule has 3 rings (SSSR count). The summed E-state index contributed by atoms with van der Waals surface area (Å²) >= 11 is 0. The molecule has 1 heterocycles. The van der Waals surface area contributed by atoms with Crippen LogP contribution in [0.3, 0.4) is 0 Å². The average Bonchev–Trinajstić information content (AvgIpc) is 2.40. The lowest BCUT2D eigenvalue weighted by atomic mass is 9.70. The second kappa shape index (κ2) is 5.60. The van der Waals surface area contributed by atoms with Crippen LogP contribution in [0.4, 0.5) is 19.3 Å². The van der Waals surface area contributed by atoms with Crippen LogP contribution in [0.25, 0.3) is 0 Å². The van der Waals surface area contributed by atoms with Gasteiger partial charge < -0.3 is 16.0 Å². The molecule has 0 radical (unpaired) electrons. The first-order valence-corrected chi connectivity index (χ1v) is 7.34. The molecule has 21 heavy (non-hydrogen) atoms. The van der Waals surface area contributed by atoms with E-state index in [1.54, 1.807) is 0 Å². The van der Waals surface area contributed by atoms with Crippen molar-refractivity contribution in [2.45, 2.75) is 43.7 Å². The number of urea groups is 1. The van der Waals surface area contributed by atoms with Gasteiger partial charge in [0.05, 0.1) is 5.69 Å². The summed E-state index contributed by atoms with van der Waals surface area (Å²) in [4.78, 5) is 11.9. The van der Waals surface area contributed by atoms with Gasteiger partial charge in [-0.15, -0.1) is 0 Å². The van der Waals surface area contributed by atoms with Crippen LogP contribution >= 0.6 is 0 Å². The monoisotopic (exact) mass is 295 g/mol. The summed E-state index contributed by atoms with van der Waals surface area (Å²) in [6.45, 7) is 0.885. The molecule has 3 N–H and O–H groups in total. The van der Waals surface area contributed by atoms with Crippen molar-refractivity contribution in [1.29, 1.82) is 0 Å². The lowest BCUT2D eigenvalue weighted by molar-refractivity contribution is 0.122. The molecule has 4 nitrogen and oxygen atoms in total. The first-order chi connectivity index (χ1) is 10.1. The number of carbonyl (C=O) groups excluding carboxylic acids is 1. The highest BCUT2D eigenvalue weighted by molar-refractivity contribution is 5.89. The standard InChI is InChI=1S/C15H19F2N3O/c16-10-2-3-13(12(17)8-10)20-14(21)19-11-4-7-18-15(9-11)5-1-6-15/h2-3,8,11,18H,1,4-7,9H2,(H2,19,20,21). The number of piperidine rings is 1. The number of nitrogens with one attached hydrogen (secondary N) is 3. The number of hydrogen-bond donors (Lipinski definition) is 3. The van der Waals surface area contributed by atoms with Gasteiger partial charge in [0.1, 0.15) is 11.6 Å². The normalized spacial score (nSPS) is 23.4. The fourth-order valence-corrected chi connectivity index (χ4v) is 3.20. The Hall–Kier alpha value is -1.69. The molecule has 1 atom stereocenters. The minimum Gasteiger partial charge on any atom is -0.335 e. The number of hydrogen-bond acceptors (Lipinski definition) is 2. The zero-order valence-corrected chi connectivity index (χ0v) is 11.7. The van der Waals surface area contributed by atoms with Crippen molar-refractivity contribution >= 4 is 11.7 Å². The summed E-state index contributed by atoms with van der Waals surface area (Å²) in [6.07, 6.45) is 5.30. The highest BCUT2D eigenvalue weighted by atomic mass is 19.1. The molecule has 1 spiro atoms. The first-order valence-electron chi connectivity index (χ1n) is 7.34. The van der Waals surface area contributed by atoms with Crippen LogP contribution < -0.4 is 16.0 Å². The van der Waals surface area contributed by atoms with E-state index in [2.05, 4.69) is 16.0 Å². The molecule has 1 aliphatic carbocycles. The van der Waals surface area contributed by atoms with Gasteiger partial charge in [-0.2, -0.15) is 0 Å². The molecule has 0 aromatic heterocycles. The first kappa shape index (κ1) is 14.3. The topological polar surface area (TPSA) is 53.2 Å². The number of carbonyl (C=O) groups is 1. The van der Waals surface area contributed by atoms with Gasteiger partial charge in [0.2, 0.25) is 0 Å². The Bertz CT molecular complexity index is 546. The van der Waals surface area contributed by atoms with Crippen molar-refractivity contribution in [2.75, 3.05) is 11.9 Å². The SMILES string of the molecule is O=C(Nc1ccc(F)cc1F)NC1CCNC2(CCC2)C1. The second-order valence-electron chi connectivity index (χ2n) is 5.97. The highest BCUT2D eigenvalue weighted by Crippen LogP contribution is 2.38. The van der Waals surface area contributed by atoms with E-state index in [1.807, 2.05) is 0 Å². The molecule has 2 amide bonds. The van der Waals surface area contributed by atoms with Gasteiger partial charge in [0.25, 0.3) is 0 Å². The zero-order chi connectivity index (χ0) is 14.9. The van der Waals surface area contributed by atoms with E-state index in [0.717, 1.165) is 44.4 Å². The number of anilines is 1. The summed E-state index contributed by atoms with van der Waals surface area (Å²) in [5.74, 6) is -1.44. The van der Waals surface area contributed by atoms with Crippen LogP contribution in [0.2, 0.25) is 0 Å². The lowest BCUT2D eigenvalue weighted by Crippen LogP contribution is -2.60. The maximum Gasteiger partial charge on any atom is 0.319 e. The Morgan fingerprint density at radius 1 is 1.33 bits per heavy atom. The number of rotatable bonds is 2. The van der Waals surface area contributed by atoms with Crippen molar-refractivity contribution in [2.24, 2.45) is 0 Å². The molecule has 114 valence electrons. The van der Waals surface area contributed by atoms with E-state index < -0.39 is 17.7 Å². The Labute approximate surface area is 122 Å². The third-order valence-electron chi connectivity index (χ3n) is 4.46. The Balaban J connectivity index is 1.56. The summed E-state index contributed by atoms with van der Waals surface area (Å²) < 4.78 is 26.3. The van der Waals surface area contributed by atoms with Crippen molar-refractivity contribution in [1.82, 2.24) is 10.6 Å². The van der Waals surface area contributed by atoms with E-state index in [4.69, 9.17) is 0 Å². The van der Waals surface area contributed by atoms with Crippen LogP contribution in [-0.4, -0.2) is 24.2 Å². The molecule has 1 aliphatic heterocycles. The number of amides is 2. The summed E-state index contributed by atoms with van der Waals surface area (Å²) in [7, 11) is 0. The van der Waals surface area contributed by atoms with Crippen molar-refractivity contribution in [3.63, 3.8) is 0 Å². The maximum atomic E-state index is 13.5. The predicted octanol–water partition coefficient (Wildman–Crippen LogP) is 2.76. The van der Waals surface area contributed by atoms with Crippen LogP contribution in [-0.2, 0) is 0 Å². The quantitative estimate of drug-likeness (QED) is 0.786. The lowest BCUT2D eigenvalue weighted by Gasteiger charge is -2.48. The molecule has 2 aliphatic rings. The molecule has 2 fully saturated rings. The second-order valence-corrected chi connectivity index (χ2v) is 5.97. The Morgan fingerprint density at radius 3 is 2.81 bits per heavy atom. The van der Waals surface area contributed by atoms with Gasteiger partial charge in [-0.1, -0.05) is 0 Å². The molecule has 1 aromatic carbocycles. The van der Waals surface area contributed by atoms with Crippen LogP contribution in [0.15, 0.2) is 18.2 Å². The minimum atomic E-state index is -0.772. The molecule has 1 aromatic rings. The predicted molar refractivity (Wildman–Crippen MR) is 76.1 cm³/mol. The third-order valence-corrected chi connectivity index (χ3v) is 4.46. The fraction of sp³-hybridized carbons (Fsp3) is 0.533. The van der Waals surface area contributed by atoms with E-state index in [1.165, 1.54) is 12.5 Å². The molecule has 6 heteroatoms. The Kier molecular flexibility index (Phi) is 3.80. The molecule has 1 unspecified atom stereocenters. The smallest absolute Gasteiger partial charge is 0.319 e. The minimum absolute atomic E-state index is 0.0128. The van der Waals surface area contributed by atoms with Crippen molar-refractivity contribution in [3.8, 4) is 0 Å². The maximum absolute atomic E-state index is 13.5. The van der Waals surface area contributed by atoms with E-state index >= 15 is 0 Å². The highest BCUT2D eigenvalue weighted by Gasteiger charge is 2.41. The average molecular weight is 295 g/mol.